The molecule has 2 heterocycles. The molecule has 0 saturated carbocycles. The number of aryl methyl sites for hydroxylation is 1. The Morgan fingerprint density at radius 3 is 2.65 bits per heavy atom. The molecule has 1 aliphatic rings. The highest BCUT2D eigenvalue weighted by Gasteiger charge is 2.15. The van der Waals surface area contributed by atoms with E-state index < -0.39 is 0 Å². The zero-order valence-electron chi connectivity index (χ0n) is 10.8. The monoisotopic (exact) mass is 234 g/mol. The van der Waals surface area contributed by atoms with Gasteiger partial charge in [-0.2, -0.15) is 0 Å². The van der Waals surface area contributed by atoms with Gasteiger partial charge in [0.15, 0.2) is 0 Å². The Hall–Kier alpha value is -1.09. The Bertz CT molecular complexity index is 372. The molecule has 17 heavy (non-hydrogen) atoms. The molecule has 1 unspecified atom stereocenters. The molecule has 0 bridgehead atoms. The third-order valence-corrected chi connectivity index (χ3v) is 3.50. The van der Waals surface area contributed by atoms with E-state index in [0.717, 1.165) is 30.9 Å². The van der Waals surface area contributed by atoms with Crippen LogP contribution in [0.25, 0.3) is 0 Å². The van der Waals surface area contributed by atoms with Crippen molar-refractivity contribution in [3.05, 3.63) is 23.4 Å². The van der Waals surface area contributed by atoms with Crippen molar-refractivity contribution in [3.63, 3.8) is 0 Å². The lowest BCUT2D eigenvalue weighted by Crippen LogP contribution is -2.30. The first-order chi connectivity index (χ1) is 8.22. The Balaban J connectivity index is 2.18. The number of pyridine rings is 1. The molecule has 0 spiro atoms. The smallest absolute Gasteiger partial charge is 0.131 e. The summed E-state index contributed by atoms with van der Waals surface area (Å²) in [4.78, 5) is 6.90. The molecule has 0 aliphatic carbocycles. The molecule has 1 N–H and O–H groups in total. The van der Waals surface area contributed by atoms with Gasteiger partial charge in [0, 0.05) is 19.3 Å². The van der Waals surface area contributed by atoms with Crippen molar-refractivity contribution in [1.29, 1.82) is 0 Å². The number of aliphatic hydroxyl groups is 1. The summed E-state index contributed by atoms with van der Waals surface area (Å²) in [6.07, 6.45) is 6.05. The lowest BCUT2D eigenvalue weighted by molar-refractivity contribution is 0.173. The molecule has 0 radical (unpaired) electrons. The summed E-state index contributed by atoms with van der Waals surface area (Å²) in [6, 6.07) is 2.07. The van der Waals surface area contributed by atoms with Crippen LogP contribution in [0, 0.1) is 6.92 Å². The molecule has 3 nitrogen and oxygen atoms in total. The predicted molar refractivity (Wildman–Crippen MR) is 70.3 cm³/mol. The first kappa shape index (κ1) is 12.4. The minimum atomic E-state index is -0.378. The van der Waals surface area contributed by atoms with Crippen molar-refractivity contribution in [2.24, 2.45) is 0 Å². The first-order valence-electron chi connectivity index (χ1n) is 6.62. The van der Waals surface area contributed by atoms with Crippen molar-refractivity contribution >= 4 is 5.82 Å². The maximum atomic E-state index is 9.80. The van der Waals surface area contributed by atoms with E-state index in [2.05, 4.69) is 22.9 Å². The summed E-state index contributed by atoms with van der Waals surface area (Å²) in [5.74, 6) is 1.09. The molecule has 1 atom stereocenters. The number of hydrogen-bond donors (Lipinski definition) is 1. The van der Waals surface area contributed by atoms with Crippen LogP contribution in [0.2, 0.25) is 0 Å². The van der Waals surface area contributed by atoms with Crippen LogP contribution in [0.4, 0.5) is 5.82 Å². The highest BCUT2D eigenvalue weighted by Crippen LogP contribution is 2.24. The van der Waals surface area contributed by atoms with Gasteiger partial charge in [-0.1, -0.05) is 6.92 Å². The van der Waals surface area contributed by atoms with Crippen LogP contribution in [-0.4, -0.2) is 23.2 Å². The predicted octanol–water partition coefficient (Wildman–Crippen LogP) is 2.82. The van der Waals surface area contributed by atoms with Gasteiger partial charge in [0.1, 0.15) is 5.82 Å². The zero-order chi connectivity index (χ0) is 12.3. The summed E-state index contributed by atoms with van der Waals surface area (Å²) < 4.78 is 0. The molecule has 2 rings (SSSR count). The van der Waals surface area contributed by atoms with Crippen LogP contribution < -0.4 is 4.90 Å². The lowest BCUT2D eigenvalue weighted by Gasteiger charge is -2.29. The van der Waals surface area contributed by atoms with Gasteiger partial charge in [-0.3, -0.25) is 0 Å². The van der Waals surface area contributed by atoms with Gasteiger partial charge in [-0.25, -0.2) is 4.98 Å². The summed E-state index contributed by atoms with van der Waals surface area (Å²) in [5, 5.41) is 9.80. The third kappa shape index (κ3) is 2.78. The summed E-state index contributed by atoms with van der Waals surface area (Å²) >= 11 is 0. The van der Waals surface area contributed by atoms with E-state index >= 15 is 0 Å². The van der Waals surface area contributed by atoms with Crippen molar-refractivity contribution in [1.82, 2.24) is 4.98 Å². The molecule has 94 valence electrons. The Labute approximate surface area is 103 Å². The van der Waals surface area contributed by atoms with Crippen LogP contribution >= 0.6 is 0 Å². The lowest BCUT2D eigenvalue weighted by atomic mass is 10.1. The average molecular weight is 234 g/mol. The fourth-order valence-corrected chi connectivity index (χ4v) is 2.44. The Morgan fingerprint density at radius 2 is 2.06 bits per heavy atom. The quantitative estimate of drug-likeness (QED) is 0.873. The van der Waals surface area contributed by atoms with E-state index in [4.69, 9.17) is 0 Å². The van der Waals surface area contributed by atoms with Crippen molar-refractivity contribution in [2.45, 2.75) is 45.6 Å². The normalized spacial score (nSPS) is 18.2. The Morgan fingerprint density at radius 1 is 1.35 bits per heavy atom. The molecule has 1 aliphatic heterocycles. The molecule has 0 amide bonds. The fourth-order valence-electron chi connectivity index (χ4n) is 2.44. The standard InChI is InChI=1S/C14H22N2O/c1-3-13(17)12-9-11(2)14(15-10-12)16-7-5-4-6-8-16/h9-10,13,17H,3-8H2,1-2H3. The van der Waals surface area contributed by atoms with Gasteiger partial charge in [0.05, 0.1) is 6.10 Å². The van der Waals surface area contributed by atoms with Crippen LogP contribution in [0.1, 0.15) is 49.8 Å². The Kier molecular flexibility index (Phi) is 4.00. The number of piperidine rings is 1. The van der Waals surface area contributed by atoms with Gasteiger partial charge in [-0.05, 0) is 49.8 Å². The van der Waals surface area contributed by atoms with Crippen LogP contribution in [0.5, 0.6) is 0 Å². The second-order valence-electron chi connectivity index (χ2n) is 4.88. The molecule has 0 aromatic carbocycles. The summed E-state index contributed by atoms with van der Waals surface area (Å²) in [5.41, 5.74) is 2.11. The molecule has 1 aromatic rings. The van der Waals surface area contributed by atoms with Crippen molar-refractivity contribution < 1.29 is 5.11 Å². The van der Waals surface area contributed by atoms with Gasteiger partial charge in [-0.15, -0.1) is 0 Å². The van der Waals surface area contributed by atoms with E-state index in [9.17, 15) is 5.11 Å². The number of rotatable bonds is 3. The second kappa shape index (κ2) is 5.50. The summed E-state index contributed by atoms with van der Waals surface area (Å²) in [7, 11) is 0. The third-order valence-electron chi connectivity index (χ3n) is 3.50. The van der Waals surface area contributed by atoms with Gasteiger partial charge >= 0.3 is 0 Å². The highest BCUT2D eigenvalue weighted by molar-refractivity contribution is 5.47. The minimum Gasteiger partial charge on any atom is -0.388 e. The van der Waals surface area contributed by atoms with E-state index in [0.29, 0.717) is 0 Å². The SMILES string of the molecule is CCC(O)c1cnc(N2CCCCC2)c(C)c1. The molecule has 3 heteroatoms. The van der Waals surface area contributed by atoms with Crippen molar-refractivity contribution in [3.8, 4) is 0 Å². The molecular weight excluding hydrogens is 212 g/mol. The molecule has 1 aromatic heterocycles. The zero-order valence-corrected chi connectivity index (χ0v) is 10.8. The van der Waals surface area contributed by atoms with Crippen LogP contribution in [-0.2, 0) is 0 Å². The topological polar surface area (TPSA) is 36.4 Å². The van der Waals surface area contributed by atoms with Gasteiger partial charge in [0.25, 0.3) is 0 Å². The number of anilines is 1. The molecule has 1 fully saturated rings. The molecular formula is C14H22N2O. The fraction of sp³-hybridized carbons (Fsp3) is 0.643. The van der Waals surface area contributed by atoms with E-state index in [1.165, 1.54) is 24.8 Å². The number of aliphatic hydroxyl groups excluding tert-OH is 1. The minimum absolute atomic E-state index is 0.378. The summed E-state index contributed by atoms with van der Waals surface area (Å²) in [6.45, 7) is 6.30. The number of aromatic nitrogens is 1. The van der Waals surface area contributed by atoms with E-state index in [1.54, 1.807) is 0 Å². The average Bonchev–Trinajstić information content (AvgIpc) is 2.38. The number of hydrogen-bond acceptors (Lipinski definition) is 3. The maximum absolute atomic E-state index is 9.80. The van der Waals surface area contributed by atoms with Crippen LogP contribution in [0.15, 0.2) is 12.3 Å². The van der Waals surface area contributed by atoms with E-state index in [-0.39, 0.29) is 6.10 Å². The van der Waals surface area contributed by atoms with Gasteiger partial charge < -0.3 is 10.0 Å². The molecule has 1 saturated heterocycles. The second-order valence-corrected chi connectivity index (χ2v) is 4.88. The van der Waals surface area contributed by atoms with Gasteiger partial charge in [0.2, 0.25) is 0 Å². The largest absolute Gasteiger partial charge is 0.388 e. The highest BCUT2D eigenvalue weighted by atomic mass is 16.3. The number of nitrogens with zero attached hydrogens (tertiary/aromatic N) is 2. The van der Waals surface area contributed by atoms with E-state index in [1.807, 2.05) is 13.1 Å². The first-order valence-corrected chi connectivity index (χ1v) is 6.62. The van der Waals surface area contributed by atoms with Crippen molar-refractivity contribution in [2.75, 3.05) is 18.0 Å². The maximum Gasteiger partial charge on any atom is 0.131 e. The van der Waals surface area contributed by atoms with Crippen LogP contribution in [0.3, 0.4) is 0 Å².